The van der Waals surface area contributed by atoms with Gasteiger partial charge in [-0.15, -0.1) is 0 Å². The molecule has 2 heteroatoms. The topological polar surface area (TPSA) is 29.1 Å². The van der Waals surface area contributed by atoms with Gasteiger partial charge in [0.15, 0.2) is 0 Å². The fourth-order valence-corrected chi connectivity index (χ4v) is 2.34. The highest BCUT2D eigenvalue weighted by Gasteiger charge is 2.10. The number of hydrogen-bond donors (Lipinski definition) is 1. The Bertz CT molecular complexity index is 557. The molecule has 1 N–H and O–H groups in total. The van der Waals surface area contributed by atoms with Gasteiger partial charge in [-0.3, -0.25) is 4.79 Å². The van der Waals surface area contributed by atoms with Gasteiger partial charge in [-0.2, -0.15) is 0 Å². The Hall–Kier alpha value is -2.09. The van der Waals surface area contributed by atoms with Gasteiger partial charge < -0.3 is 5.32 Å². The molecule has 1 unspecified atom stereocenters. The van der Waals surface area contributed by atoms with Gasteiger partial charge in [0.25, 0.3) is 0 Å². The summed E-state index contributed by atoms with van der Waals surface area (Å²) in [6.45, 7) is 28.5. The van der Waals surface area contributed by atoms with Crippen molar-refractivity contribution in [3.8, 4) is 0 Å². The highest BCUT2D eigenvalue weighted by Crippen LogP contribution is 2.19. The van der Waals surface area contributed by atoms with Gasteiger partial charge in [-0.1, -0.05) is 112 Å². The first-order valence-corrected chi connectivity index (χ1v) is 11.7. The van der Waals surface area contributed by atoms with E-state index in [-0.39, 0.29) is 5.92 Å². The average Bonchev–Trinajstić information content (AvgIpc) is 2.77. The molecule has 174 valence electrons. The Labute approximate surface area is 189 Å². The Morgan fingerprint density at radius 1 is 1.00 bits per heavy atom. The number of rotatable bonds is 10. The molecule has 0 aliphatic heterocycles. The van der Waals surface area contributed by atoms with Crippen molar-refractivity contribution in [1.29, 1.82) is 0 Å². The molecule has 0 fully saturated rings. The maximum atomic E-state index is 11.1. The normalized spacial score (nSPS) is 13.2. The van der Waals surface area contributed by atoms with Crippen LogP contribution in [0.5, 0.6) is 0 Å². The zero-order valence-corrected chi connectivity index (χ0v) is 22.1. The lowest BCUT2D eigenvalue weighted by Crippen LogP contribution is -2.19. The van der Waals surface area contributed by atoms with E-state index in [0.29, 0.717) is 5.92 Å². The van der Waals surface area contributed by atoms with Crippen molar-refractivity contribution in [3.05, 3.63) is 71.7 Å². The maximum Gasteiger partial charge on any atom is 0.144 e. The van der Waals surface area contributed by atoms with Crippen LogP contribution >= 0.6 is 0 Å². The highest BCUT2D eigenvalue weighted by molar-refractivity contribution is 5.66. The summed E-state index contributed by atoms with van der Waals surface area (Å²) in [4.78, 5) is 11.1. The SMILES string of the molecule is C=C/C(N/C(=C\C=O)C(C)/C=C\C(C)=C/CC)=C(\C=C/C)C(C)C.CC.CC.CC. The molecule has 0 aromatic heterocycles. The number of carbonyl (C=O) groups excluding carboxylic acids is 1. The predicted octanol–water partition coefficient (Wildman–Crippen LogP) is 8.96. The van der Waals surface area contributed by atoms with Gasteiger partial charge in [0.1, 0.15) is 6.29 Å². The summed E-state index contributed by atoms with van der Waals surface area (Å²) in [6, 6.07) is 0. The first-order valence-electron chi connectivity index (χ1n) is 11.7. The average molecular weight is 418 g/mol. The van der Waals surface area contributed by atoms with Crippen molar-refractivity contribution in [2.24, 2.45) is 11.8 Å². The monoisotopic (exact) mass is 417 g/mol. The summed E-state index contributed by atoms with van der Waals surface area (Å²) in [5.41, 5.74) is 4.20. The minimum atomic E-state index is 0.101. The lowest BCUT2D eigenvalue weighted by Gasteiger charge is -2.19. The quantitative estimate of drug-likeness (QED) is 0.218. The molecule has 0 aromatic rings. The van der Waals surface area contributed by atoms with Gasteiger partial charge in [0.05, 0.1) is 0 Å². The van der Waals surface area contributed by atoms with Crippen molar-refractivity contribution >= 4 is 6.29 Å². The maximum absolute atomic E-state index is 11.1. The van der Waals surface area contributed by atoms with E-state index >= 15 is 0 Å². The summed E-state index contributed by atoms with van der Waals surface area (Å²) in [5.74, 6) is 0.462. The van der Waals surface area contributed by atoms with Crippen molar-refractivity contribution in [3.63, 3.8) is 0 Å². The molecule has 0 aliphatic rings. The fraction of sp³-hybridized carbons (Fsp3) is 0.536. The number of aldehydes is 1. The van der Waals surface area contributed by atoms with Crippen LogP contribution in [-0.4, -0.2) is 6.29 Å². The molecule has 0 spiro atoms. The fourth-order valence-electron chi connectivity index (χ4n) is 2.34. The summed E-state index contributed by atoms with van der Waals surface area (Å²) in [6.07, 6.45) is 15.7. The van der Waals surface area contributed by atoms with Crippen molar-refractivity contribution < 1.29 is 4.79 Å². The van der Waals surface area contributed by atoms with Crippen molar-refractivity contribution in [2.75, 3.05) is 0 Å². The summed E-state index contributed by atoms with van der Waals surface area (Å²) in [7, 11) is 0. The van der Waals surface area contributed by atoms with Gasteiger partial charge in [0, 0.05) is 17.3 Å². The van der Waals surface area contributed by atoms with Crippen LogP contribution < -0.4 is 5.32 Å². The molecule has 2 nitrogen and oxygen atoms in total. The molecule has 0 rings (SSSR count). The van der Waals surface area contributed by atoms with E-state index in [2.05, 4.69) is 70.8 Å². The first-order chi connectivity index (χ1) is 14.4. The largest absolute Gasteiger partial charge is 0.358 e. The second-order valence-corrected chi connectivity index (χ2v) is 6.12. The van der Waals surface area contributed by atoms with Gasteiger partial charge >= 0.3 is 0 Å². The summed E-state index contributed by atoms with van der Waals surface area (Å²) < 4.78 is 0. The zero-order chi connectivity index (χ0) is 24.5. The Morgan fingerprint density at radius 2 is 1.53 bits per heavy atom. The Balaban J connectivity index is -0.000000512. The molecule has 30 heavy (non-hydrogen) atoms. The van der Waals surface area contributed by atoms with Crippen LogP contribution in [0.3, 0.4) is 0 Å². The third-order valence-corrected chi connectivity index (χ3v) is 3.67. The Kier molecular flexibility index (Phi) is 31.7. The van der Waals surface area contributed by atoms with Crippen LogP contribution in [0.15, 0.2) is 71.7 Å². The summed E-state index contributed by atoms with van der Waals surface area (Å²) in [5, 5.41) is 3.40. The first kappa shape index (κ1) is 35.4. The van der Waals surface area contributed by atoms with Crippen LogP contribution in [0.1, 0.15) is 89.5 Å². The van der Waals surface area contributed by atoms with Crippen molar-refractivity contribution in [1.82, 2.24) is 5.32 Å². The lowest BCUT2D eigenvalue weighted by atomic mass is 9.98. The van der Waals surface area contributed by atoms with Gasteiger partial charge in [-0.25, -0.2) is 0 Å². The minimum absolute atomic E-state index is 0.101. The summed E-state index contributed by atoms with van der Waals surface area (Å²) >= 11 is 0. The predicted molar refractivity (Wildman–Crippen MR) is 141 cm³/mol. The van der Waals surface area contributed by atoms with Crippen LogP contribution in [0.2, 0.25) is 0 Å². The van der Waals surface area contributed by atoms with E-state index in [1.165, 1.54) is 11.1 Å². The number of hydrogen-bond acceptors (Lipinski definition) is 2. The van der Waals surface area contributed by atoms with E-state index < -0.39 is 0 Å². The second-order valence-electron chi connectivity index (χ2n) is 6.12. The molecular formula is C28H51NO. The third kappa shape index (κ3) is 18.0. The molecule has 0 aliphatic carbocycles. The molecule has 0 heterocycles. The van der Waals surface area contributed by atoms with E-state index in [1.807, 2.05) is 60.6 Å². The lowest BCUT2D eigenvalue weighted by molar-refractivity contribution is -0.104. The van der Waals surface area contributed by atoms with E-state index in [1.54, 1.807) is 6.08 Å². The molecule has 1 atom stereocenters. The standard InChI is InChI=1S/C22H33NO.3C2H6/c1-8-11-18(6)13-14-19(7)22(15-16-24)23-21(10-3)20(12-9-2)17(4)5;3*1-2/h9-17,19,23H,3,8H2,1-2,4-7H3;3*1-2H3/b12-9-,14-13-,18-11-,21-20-,22-15-;;;. The van der Waals surface area contributed by atoms with Gasteiger partial charge in [0.2, 0.25) is 0 Å². The molecule has 0 aromatic carbocycles. The number of allylic oxidation sites excluding steroid dienone is 9. The zero-order valence-electron chi connectivity index (χ0n) is 22.1. The molecule has 0 saturated heterocycles. The van der Waals surface area contributed by atoms with Crippen LogP contribution in [-0.2, 0) is 4.79 Å². The Morgan fingerprint density at radius 3 is 1.90 bits per heavy atom. The van der Waals surface area contributed by atoms with Crippen LogP contribution in [0.4, 0.5) is 0 Å². The molecule has 0 bridgehead atoms. The smallest absolute Gasteiger partial charge is 0.144 e. The number of carbonyl (C=O) groups is 1. The van der Waals surface area contributed by atoms with Gasteiger partial charge in [-0.05, 0) is 43.9 Å². The second kappa shape index (κ2) is 26.9. The molecular weight excluding hydrogens is 366 g/mol. The van der Waals surface area contributed by atoms with Crippen LogP contribution in [0, 0.1) is 11.8 Å². The molecule has 0 amide bonds. The van der Waals surface area contributed by atoms with Crippen LogP contribution in [0.25, 0.3) is 0 Å². The molecule has 0 saturated carbocycles. The highest BCUT2D eigenvalue weighted by atomic mass is 16.1. The van der Waals surface area contributed by atoms with Crippen molar-refractivity contribution in [2.45, 2.75) is 89.5 Å². The number of nitrogens with one attached hydrogen (secondary N) is 1. The van der Waals surface area contributed by atoms with E-state index in [4.69, 9.17) is 0 Å². The van der Waals surface area contributed by atoms with E-state index in [0.717, 1.165) is 24.1 Å². The minimum Gasteiger partial charge on any atom is -0.358 e. The van der Waals surface area contributed by atoms with E-state index in [9.17, 15) is 4.79 Å². The third-order valence-electron chi connectivity index (χ3n) is 3.67. The molecule has 0 radical (unpaired) electrons.